The van der Waals surface area contributed by atoms with Crippen LogP contribution >= 0.6 is 0 Å². The Bertz CT molecular complexity index is 245. The highest BCUT2D eigenvalue weighted by atomic mass is 16.3. The van der Waals surface area contributed by atoms with Crippen LogP contribution in [-0.2, 0) is 12.8 Å². The lowest BCUT2D eigenvalue weighted by atomic mass is 10.3. The highest BCUT2D eigenvalue weighted by molar-refractivity contribution is 5.13. The zero-order valence-corrected chi connectivity index (χ0v) is 7.17. The van der Waals surface area contributed by atoms with E-state index in [1.54, 1.807) is 0 Å². The van der Waals surface area contributed by atoms with Crippen molar-refractivity contribution in [2.24, 2.45) is 0 Å². The summed E-state index contributed by atoms with van der Waals surface area (Å²) in [6.07, 6.45) is 1.13. The lowest BCUT2D eigenvalue weighted by Crippen LogP contribution is -1.94. The number of imidazole rings is 1. The van der Waals surface area contributed by atoms with Gasteiger partial charge >= 0.3 is 0 Å². The van der Waals surface area contributed by atoms with Crippen molar-refractivity contribution >= 4 is 0 Å². The largest absolute Gasteiger partial charge is 0.396 e. The van der Waals surface area contributed by atoms with Crippen LogP contribution in [0.5, 0.6) is 0 Å². The molecule has 3 N–H and O–H groups in total. The first kappa shape index (κ1) is 9.22. The number of rotatable bonds is 4. The van der Waals surface area contributed by atoms with Crippen LogP contribution in [0.1, 0.15) is 17.2 Å². The zero-order valence-electron chi connectivity index (χ0n) is 7.17. The zero-order chi connectivity index (χ0) is 8.97. The topological polar surface area (TPSA) is 69.1 Å². The van der Waals surface area contributed by atoms with Crippen LogP contribution in [0.4, 0.5) is 0 Å². The standard InChI is InChI=1S/C8H14N2O2/c1-6-7(2-4-11)10-8(9-6)3-5-12/h11-12H,2-5H2,1H3,(H,9,10). The van der Waals surface area contributed by atoms with Gasteiger partial charge in [-0.25, -0.2) is 4.98 Å². The Morgan fingerprint density at radius 2 is 1.92 bits per heavy atom. The SMILES string of the molecule is Cc1[nH]c(CCO)nc1CCO. The molecule has 12 heavy (non-hydrogen) atoms. The number of aromatic amines is 1. The van der Waals surface area contributed by atoms with Gasteiger partial charge in [0, 0.05) is 25.1 Å². The number of H-pyrrole nitrogens is 1. The molecule has 1 aromatic heterocycles. The third kappa shape index (κ3) is 2.06. The van der Waals surface area contributed by atoms with Crippen molar-refractivity contribution in [1.82, 2.24) is 9.97 Å². The van der Waals surface area contributed by atoms with Gasteiger partial charge in [0.2, 0.25) is 0 Å². The molecule has 0 atom stereocenters. The van der Waals surface area contributed by atoms with E-state index in [0.29, 0.717) is 12.8 Å². The highest BCUT2D eigenvalue weighted by Gasteiger charge is 2.04. The molecular weight excluding hydrogens is 156 g/mol. The monoisotopic (exact) mass is 170 g/mol. The van der Waals surface area contributed by atoms with Gasteiger partial charge in [-0.05, 0) is 6.92 Å². The van der Waals surface area contributed by atoms with Gasteiger partial charge in [0.1, 0.15) is 5.82 Å². The molecule has 0 aromatic carbocycles. The molecule has 0 amide bonds. The quantitative estimate of drug-likeness (QED) is 0.585. The summed E-state index contributed by atoms with van der Waals surface area (Å²) < 4.78 is 0. The predicted molar refractivity (Wildman–Crippen MR) is 44.9 cm³/mol. The van der Waals surface area contributed by atoms with Crippen molar-refractivity contribution in [1.29, 1.82) is 0 Å². The second-order valence-electron chi connectivity index (χ2n) is 2.70. The van der Waals surface area contributed by atoms with Gasteiger partial charge in [0.25, 0.3) is 0 Å². The molecule has 0 bridgehead atoms. The number of aliphatic hydroxyl groups is 2. The van der Waals surface area contributed by atoms with Crippen LogP contribution in [0.25, 0.3) is 0 Å². The molecule has 4 nitrogen and oxygen atoms in total. The maximum Gasteiger partial charge on any atom is 0.108 e. The maximum absolute atomic E-state index is 8.68. The highest BCUT2D eigenvalue weighted by Crippen LogP contribution is 2.05. The Kier molecular flexibility index (Phi) is 3.25. The van der Waals surface area contributed by atoms with Crippen molar-refractivity contribution in [2.75, 3.05) is 13.2 Å². The smallest absolute Gasteiger partial charge is 0.108 e. The molecule has 68 valence electrons. The van der Waals surface area contributed by atoms with Crippen LogP contribution in [-0.4, -0.2) is 33.4 Å². The number of nitrogens with zero attached hydrogens (tertiary/aromatic N) is 1. The van der Waals surface area contributed by atoms with E-state index in [0.717, 1.165) is 17.2 Å². The van der Waals surface area contributed by atoms with Crippen molar-refractivity contribution in [3.63, 3.8) is 0 Å². The summed E-state index contributed by atoms with van der Waals surface area (Å²) in [5.41, 5.74) is 1.87. The molecule has 1 rings (SSSR count). The average Bonchev–Trinajstić information content (AvgIpc) is 2.34. The Labute approximate surface area is 71.3 Å². The Morgan fingerprint density at radius 3 is 2.50 bits per heavy atom. The summed E-state index contributed by atoms with van der Waals surface area (Å²) in [4.78, 5) is 7.26. The van der Waals surface area contributed by atoms with Gasteiger partial charge in [0.15, 0.2) is 0 Å². The number of hydrogen-bond acceptors (Lipinski definition) is 3. The van der Waals surface area contributed by atoms with Crippen molar-refractivity contribution in [3.8, 4) is 0 Å². The van der Waals surface area contributed by atoms with E-state index in [-0.39, 0.29) is 13.2 Å². The molecule has 0 aliphatic rings. The lowest BCUT2D eigenvalue weighted by Gasteiger charge is -1.90. The van der Waals surface area contributed by atoms with E-state index < -0.39 is 0 Å². The molecule has 0 unspecified atom stereocenters. The van der Waals surface area contributed by atoms with Crippen LogP contribution in [0.15, 0.2) is 0 Å². The van der Waals surface area contributed by atoms with E-state index >= 15 is 0 Å². The van der Waals surface area contributed by atoms with Gasteiger partial charge in [-0.15, -0.1) is 0 Å². The minimum absolute atomic E-state index is 0.103. The average molecular weight is 170 g/mol. The number of hydrogen-bond donors (Lipinski definition) is 3. The molecule has 0 aliphatic carbocycles. The fraction of sp³-hybridized carbons (Fsp3) is 0.625. The number of nitrogens with one attached hydrogen (secondary N) is 1. The molecule has 0 aliphatic heterocycles. The number of aliphatic hydroxyl groups excluding tert-OH is 2. The molecule has 1 heterocycles. The molecule has 0 saturated carbocycles. The first-order valence-electron chi connectivity index (χ1n) is 4.04. The summed E-state index contributed by atoms with van der Waals surface area (Å²) >= 11 is 0. The Hall–Kier alpha value is -0.870. The molecular formula is C8H14N2O2. The first-order chi connectivity index (χ1) is 5.77. The number of aryl methyl sites for hydroxylation is 1. The van der Waals surface area contributed by atoms with Gasteiger partial charge in [-0.3, -0.25) is 0 Å². The van der Waals surface area contributed by atoms with E-state index in [4.69, 9.17) is 10.2 Å². The van der Waals surface area contributed by atoms with Crippen LogP contribution in [0.3, 0.4) is 0 Å². The second kappa shape index (κ2) is 4.23. The number of aromatic nitrogens is 2. The second-order valence-corrected chi connectivity index (χ2v) is 2.70. The van der Waals surface area contributed by atoms with Crippen molar-refractivity contribution in [3.05, 3.63) is 17.2 Å². The van der Waals surface area contributed by atoms with E-state index in [1.165, 1.54) is 0 Å². The minimum atomic E-state index is 0.103. The fourth-order valence-corrected chi connectivity index (χ4v) is 1.14. The fourth-order valence-electron chi connectivity index (χ4n) is 1.14. The molecule has 0 spiro atoms. The summed E-state index contributed by atoms with van der Waals surface area (Å²) in [6.45, 7) is 2.13. The molecule has 4 heteroatoms. The molecule has 0 saturated heterocycles. The van der Waals surface area contributed by atoms with Gasteiger partial charge in [0.05, 0.1) is 12.3 Å². The van der Waals surface area contributed by atoms with Crippen LogP contribution < -0.4 is 0 Å². The van der Waals surface area contributed by atoms with E-state index in [1.807, 2.05) is 6.92 Å². The van der Waals surface area contributed by atoms with Gasteiger partial charge in [-0.2, -0.15) is 0 Å². The Balaban J connectivity index is 2.70. The molecule has 0 radical (unpaired) electrons. The summed E-state index contributed by atoms with van der Waals surface area (Å²) in [5.74, 6) is 0.790. The summed E-state index contributed by atoms with van der Waals surface area (Å²) in [7, 11) is 0. The third-order valence-corrected chi connectivity index (χ3v) is 1.73. The first-order valence-corrected chi connectivity index (χ1v) is 4.04. The van der Waals surface area contributed by atoms with Crippen LogP contribution in [0, 0.1) is 6.92 Å². The summed E-state index contributed by atoms with van der Waals surface area (Å²) in [5, 5.41) is 17.3. The molecule has 0 fully saturated rings. The third-order valence-electron chi connectivity index (χ3n) is 1.73. The van der Waals surface area contributed by atoms with Crippen LogP contribution in [0.2, 0.25) is 0 Å². The molecule has 1 aromatic rings. The lowest BCUT2D eigenvalue weighted by molar-refractivity contribution is 0.295. The van der Waals surface area contributed by atoms with Gasteiger partial charge in [-0.1, -0.05) is 0 Å². The normalized spacial score (nSPS) is 10.6. The van der Waals surface area contributed by atoms with E-state index in [2.05, 4.69) is 9.97 Å². The Morgan fingerprint density at radius 1 is 1.25 bits per heavy atom. The predicted octanol–water partition coefficient (Wildman–Crippen LogP) is -0.212. The van der Waals surface area contributed by atoms with Crippen molar-refractivity contribution in [2.45, 2.75) is 19.8 Å². The minimum Gasteiger partial charge on any atom is -0.396 e. The van der Waals surface area contributed by atoms with Gasteiger partial charge < -0.3 is 15.2 Å². The van der Waals surface area contributed by atoms with E-state index in [9.17, 15) is 0 Å². The maximum atomic E-state index is 8.68. The van der Waals surface area contributed by atoms with Crippen molar-refractivity contribution < 1.29 is 10.2 Å². The summed E-state index contributed by atoms with van der Waals surface area (Å²) in [6, 6.07) is 0.